The number of hydrogen-bond acceptors (Lipinski definition) is 5. The molecule has 1 aromatic heterocycles. The molecule has 2 aromatic carbocycles. The van der Waals surface area contributed by atoms with Gasteiger partial charge in [-0.2, -0.15) is 0 Å². The average Bonchev–Trinajstić information content (AvgIpc) is 3.63. The fraction of sp³-hybridized carbons (Fsp3) is 0.433. The predicted octanol–water partition coefficient (Wildman–Crippen LogP) is 4.14. The molecule has 1 saturated carbocycles. The van der Waals surface area contributed by atoms with Crippen LogP contribution in [0.3, 0.4) is 0 Å². The van der Waals surface area contributed by atoms with Crippen LogP contribution in [0.2, 0.25) is 0 Å². The van der Waals surface area contributed by atoms with Crippen LogP contribution in [0.15, 0.2) is 60.8 Å². The first-order valence-electron chi connectivity index (χ1n) is 13.7. The maximum absolute atomic E-state index is 13.4. The van der Waals surface area contributed by atoms with Crippen molar-refractivity contribution in [1.29, 1.82) is 0 Å². The Hall–Kier alpha value is -3.49. The molecule has 0 bridgehead atoms. The second-order valence-electron chi connectivity index (χ2n) is 10.3. The van der Waals surface area contributed by atoms with E-state index in [2.05, 4.69) is 10.2 Å². The molecule has 8 nitrogen and oxygen atoms in total. The van der Waals surface area contributed by atoms with Crippen LogP contribution >= 0.6 is 0 Å². The van der Waals surface area contributed by atoms with Crippen LogP contribution in [0.4, 0.5) is 5.95 Å². The SMILES string of the molecule is Cc1ccc(-n2cc(-c3ccccc3)nc2NC(=O)CN(CCN2CCOCC2)C(=O)C2CCCC2)cc1. The van der Waals surface area contributed by atoms with Gasteiger partial charge in [0.05, 0.1) is 25.5 Å². The van der Waals surface area contributed by atoms with Crippen LogP contribution in [0.25, 0.3) is 16.9 Å². The zero-order valence-electron chi connectivity index (χ0n) is 22.1. The van der Waals surface area contributed by atoms with Gasteiger partial charge in [0, 0.05) is 49.5 Å². The van der Waals surface area contributed by atoms with E-state index in [0.717, 1.165) is 67.8 Å². The summed E-state index contributed by atoms with van der Waals surface area (Å²) in [6.07, 6.45) is 5.92. The molecule has 2 fully saturated rings. The predicted molar refractivity (Wildman–Crippen MR) is 148 cm³/mol. The van der Waals surface area contributed by atoms with Crippen molar-refractivity contribution < 1.29 is 14.3 Å². The van der Waals surface area contributed by atoms with Crippen LogP contribution in [0.5, 0.6) is 0 Å². The highest BCUT2D eigenvalue weighted by atomic mass is 16.5. The summed E-state index contributed by atoms with van der Waals surface area (Å²) >= 11 is 0. The molecule has 1 aliphatic carbocycles. The Morgan fingerprint density at radius 3 is 2.45 bits per heavy atom. The van der Waals surface area contributed by atoms with Gasteiger partial charge < -0.3 is 9.64 Å². The minimum absolute atomic E-state index is 0.0150. The number of aryl methyl sites for hydroxylation is 1. The maximum atomic E-state index is 13.4. The van der Waals surface area contributed by atoms with Crippen molar-refractivity contribution in [2.75, 3.05) is 51.3 Å². The molecule has 8 heteroatoms. The molecule has 0 atom stereocenters. The monoisotopic (exact) mass is 515 g/mol. The summed E-state index contributed by atoms with van der Waals surface area (Å²) in [6, 6.07) is 18.0. The first kappa shape index (κ1) is 26.1. The molecule has 2 heterocycles. The summed E-state index contributed by atoms with van der Waals surface area (Å²) in [4.78, 5) is 35.6. The lowest BCUT2D eigenvalue weighted by Gasteiger charge is -2.31. The first-order chi connectivity index (χ1) is 18.6. The molecular formula is C30H37N5O3. The first-order valence-corrected chi connectivity index (χ1v) is 13.7. The molecule has 38 heavy (non-hydrogen) atoms. The minimum atomic E-state index is -0.239. The third kappa shape index (κ3) is 6.49. The fourth-order valence-corrected chi connectivity index (χ4v) is 5.24. The summed E-state index contributed by atoms with van der Waals surface area (Å²) in [6.45, 7) is 6.46. The number of imidazole rings is 1. The summed E-state index contributed by atoms with van der Waals surface area (Å²) < 4.78 is 7.36. The Labute approximate surface area is 224 Å². The van der Waals surface area contributed by atoms with E-state index < -0.39 is 0 Å². The molecule has 0 spiro atoms. The van der Waals surface area contributed by atoms with Crippen LogP contribution in [-0.4, -0.2) is 77.1 Å². The summed E-state index contributed by atoms with van der Waals surface area (Å²) in [5.41, 5.74) is 3.81. The van der Waals surface area contributed by atoms with Gasteiger partial charge >= 0.3 is 0 Å². The lowest BCUT2D eigenvalue weighted by molar-refractivity contribution is -0.138. The van der Waals surface area contributed by atoms with Gasteiger partial charge in [-0.15, -0.1) is 0 Å². The van der Waals surface area contributed by atoms with Gasteiger partial charge in [-0.1, -0.05) is 60.9 Å². The van der Waals surface area contributed by atoms with E-state index in [9.17, 15) is 9.59 Å². The number of morpholine rings is 1. The van der Waals surface area contributed by atoms with E-state index in [4.69, 9.17) is 9.72 Å². The lowest BCUT2D eigenvalue weighted by atomic mass is 10.1. The highest BCUT2D eigenvalue weighted by Crippen LogP contribution is 2.27. The fourth-order valence-electron chi connectivity index (χ4n) is 5.24. The average molecular weight is 516 g/mol. The van der Waals surface area contributed by atoms with Crippen LogP contribution in [0.1, 0.15) is 31.2 Å². The molecule has 3 aromatic rings. The number of carbonyl (C=O) groups excluding carboxylic acids is 2. The zero-order valence-corrected chi connectivity index (χ0v) is 22.1. The van der Waals surface area contributed by atoms with Gasteiger partial charge in [0.2, 0.25) is 17.8 Å². The Balaban J connectivity index is 1.34. The molecule has 1 N–H and O–H groups in total. The van der Waals surface area contributed by atoms with Crippen molar-refractivity contribution in [2.45, 2.75) is 32.6 Å². The van der Waals surface area contributed by atoms with Crippen LogP contribution in [0, 0.1) is 12.8 Å². The van der Waals surface area contributed by atoms with Crippen molar-refractivity contribution in [1.82, 2.24) is 19.4 Å². The third-order valence-corrected chi connectivity index (χ3v) is 7.48. The van der Waals surface area contributed by atoms with E-state index in [1.54, 1.807) is 4.90 Å². The molecule has 200 valence electrons. The zero-order chi connectivity index (χ0) is 26.3. The third-order valence-electron chi connectivity index (χ3n) is 7.48. The minimum Gasteiger partial charge on any atom is -0.379 e. The number of anilines is 1. The topological polar surface area (TPSA) is 79.7 Å². The lowest BCUT2D eigenvalue weighted by Crippen LogP contribution is -2.46. The number of nitrogens with zero attached hydrogens (tertiary/aromatic N) is 4. The van der Waals surface area contributed by atoms with Crippen molar-refractivity contribution in [3.8, 4) is 16.9 Å². The van der Waals surface area contributed by atoms with Gasteiger partial charge in [0.15, 0.2) is 0 Å². The molecular weight excluding hydrogens is 478 g/mol. The molecule has 2 amide bonds. The Bertz CT molecular complexity index is 1210. The van der Waals surface area contributed by atoms with E-state index in [1.165, 1.54) is 0 Å². The van der Waals surface area contributed by atoms with Gasteiger partial charge in [-0.05, 0) is 31.9 Å². The summed E-state index contributed by atoms with van der Waals surface area (Å²) in [7, 11) is 0. The molecule has 1 saturated heterocycles. The van der Waals surface area contributed by atoms with Crippen molar-refractivity contribution in [3.05, 3.63) is 66.4 Å². The van der Waals surface area contributed by atoms with Crippen molar-refractivity contribution in [3.63, 3.8) is 0 Å². The maximum Gasteiger partial charge on any atom is 0.246 e. The molecule has 1 aliphatic heterocycles. The molecule has 2 aliphatic rings. The summed E-state index contributed by atoms with van der Waals surface area (Å²) in [5, 5.41) is 3.01. The van der Waals surface area contributed by atoms with Crippen LogP contribution < -0.4 is 5.32 Å². The number of carbonyl (C=O) groups is 2. The van der Waals surface area contributed by atoms with Gasteiger partial charge in [-0.3, -0.25) is 24.4 Å². The number of benzene rings is 2. The van der Waals surface area contributed by atoms with E-state index >= 15 is 0 Å². The van der Waals surface area contributed by atoms with Crippen molar-refractivity contribution >= 4 is 17.8 Å². The molecule has 0 radical (unpaired) electrons. The smallest absolute Gasteiger partial charge is 0.246 e. The second-order valence-corrected chi connectivity index (χ2v) is 10.3. The Morgan fingerprint density at radius 2 is 1.74 bits per heavy atom. The quantitative estimate of drug-likeness (QED) is 0.464. The number of rotatable bonds is 9. The normalized spacial score (nSPS) is 16.4. The van der Waals surface area contributed by atoms with E-state index in [1.807, 2.05) is 72.3 Å². The number of ether oxygens (including phenoxy) is 1. The van der Waals surface area contributed by atoms with E-state index in [-0.39, 0.29) is 24.3 Å². The second kappa shape index (κ2) is 12.4. The summed E-state index contributed by atoms with van der Waals surface area (Å²) in [5.74, 6) is 0.320. The van der Waals surface area contributed by atoms with Gasteiger partial charge in [0.25, 0.3) is 0 Å². The highest BCUT2D eigenvalue weighted by molar-refractivity contribution is 5.94. The number of aromatic nitrogens is 2. The Kier molecular flexibility index (Phi) is 8.51. The largest absolute Gasteiger partial charge is 0.379 e. The van der Waals surface area contributed by atoms with Gasteiger partial charge in [-0.25, -0.2) is 4.98 Å². The van der Waals surface area contributed by atoms with Crippen LogP contribution in [-0.2, 0) is 14.3 Å². The number of nitrogens with one attached hydrogen (secondary N) is 1. The number of amides is 2. The number of hydrogen-bond donors (Lipinski definition) is 1. The Morgan fingerprint density at radius 1 is 1.03 bits per heavy atom. The highest BCUT2D eigenvalue weighted by Gasteiger charge is 2.29. The van der Waals surface area contributed by atoms with Crippen molar-refractivity contribution in [2.24, 2.45) is 5.92 Å². The molecule has 0 unspecified atom stereocenters. The van der Waals surface area contributed by atoms with E-state index in [0.29, 0.717) is 25.7 Å². The standard InChI is InChI=1S/C30H37N5O3/c1-23-11-13-26(14-12-23)35-21-27(24-7-3-2-4-8-24)31-30(35)32-28(36)22-34(29(37)25-9-5-6-10-25)16-15-33-17-19-38-20-18-33/h2-4,7-8,11-14,21,25H,5-6,9-10,15-20,22H2,1H3,(H,31,32,36). The van der Waals surface area contributed by atoms with Gasteiger partial charge in [0.1, 0.15) is 0 Å². The molecule has 5 rings (SSSR count).